The summed E-state index contributed by atoms with van der Waals surface area (Å²) in [5.41, 5.74) is 3.24. The summed E-state index contributed by atoms with van der Waals surface area (Å²) in [6, 6.07) is 32.9. The third-order valence-electron chi connectivity index (χ3n) is 8.34. The van der Waals surface area contributed by atoms with Gasteiger partial charge in [-0.2, -0.15) is 0 Å². The van der Waals surface area contributed by atoms with Crippen LogP contribution in [0.2, 0.25) is 5.82 Å². The van der Waals surface area contributed by atoms with Crippen LogP contribution in [0.4, 0.5) is 0 Å². The molecule has 0 aliphatic carbocycles. The molecule has 0 bridgehead atoms. The van der Waals surface area contributed by atoms with Crippen LogP contribution in [0.5, 0.6) is 0 Å². The predicted molar refractivity (Wildman–Crippen MR) is 160 cm³/mol. The van der Waals surface area contributed by atoms with E-state index in [1.807, 2.05) is 0 Å². The molecule has 1 saturated heterocycles. The fourth-order valence-corrected chi connectivity index (χ4v) is 5.54. The SMILES string of the molecule is CC(C)CCC[C@@H](B1OC(C)(C)C(C)(C)O1)[C@@H](c1ccccc1)N(Cc1ccccc1)Cc1ccccc1. The third kappa shape index (κ3) is 7.17. The van der Waals surface area contributed by atoms with Gasteiger partial charge in [-0.05, 0) is 50.3 Å². The van der Waals surface area contributed by atoms with Gasteiger partial charge in [-0.1, -0.05) is 124 Å². The predicted octanol–water partition coefficient (Wildman–Crippen LogP) is 8.72. The smallest absolute Gasteiger partial charge is 0.403 e. The monoisotopic (exact) mass is 511 g/mol. The lowest BCUT2D eigenvalue weighted by Gasteiger charge is -2.39. The summed E-state index contributed by atoms with van der Waals surface area (Å²) >= 11 is 0. The first-order chi connectivity index (χ1) is 18.2. The Hall–Kier alpha value is -2.40. The van der Waals surface area contributed by atoms with Crippen molar-refractivity contribution in [3.63, 3.8) is 0 Å². The largest absolute Gasteiger partial charge is 0.463 e. The van der Waals surface area contributed by atoms with Crippen molar-refractivity contribution in [3.05, 3.63) is 108 Å². The highest BCUT2D eigenvalue weighted by Gasteiger charge is 2.55. The van der Waals surface area contributed by atoms with E-state index in [1.54, 1.807) is 0 Å². The lowest BCUT2D eigenvalue weighted by molar-refractivity contribution is 0.00578. The summed E-state index contributed by atoms with van der Waals surface area (Å²) in [7, 11) is -0.272. The van der Waals surface area contributed by atoms with E-state index in [9.17, 15) is 0 Å². The van der Waals surface area contributed by atoms with Gasteiger partial charge in [0, 0.05) is 24.9 Å². The molecule has 0 unspecified atom stereocenters. The Labute approximate surface area is 231 Å². The van der Waals surface area contributed by atoms with Crippen LogP contribution in [0.3, 0.4) is 0 Å². The van der Waals surface area contributed by atoms with E-state index in [4.69, 9.17) is 9.31 Å². The Kier molecular flexibility index (Phi) is 9.52. The highest BCUT2D eigenvalue weighted by atomic mass is 16.7. The molecule has 3 aromatic rings. The first kappa shape index (κ1) is 28.6. The van der Waals surface area contributed by atoms with Crippen molar-refractivity contribution in [1.29, 1.82) is 0 Å². The van der Waals surface area contributed by atoms with Crippen LogP contribution in [0, 0.1) is 5.92 Å². The van der Waals surface area contributed by atoms with Gasteiger partial charge in [-0.25, -0.2) is 0 Å². The number of hydrogen-bond acceptors (Lipinski definition) is 3. The average Bonchev–Trinajstić information content (AvgIpc) is 3.11. The van der Waals surface area contributed by atoms with Crippen molar-refractivity contribution in [2.75, 3.05) is 0 Å². The second kappa shape index (κ2) is 12.6. The van der Waals surface area contributed by atoms with Gasteiger partial charge in [-0.15, -0.1) is 0 Å². The fraction of sp³-hybridized carbons (Fsp3) is 0.471. The molecule has 4 heteroatoms. The summed E-state index contributed by atoms with van der Waals surface area (Å²) in [6.45, 7) is 15.0. The highest BCUT2D eigenvalue weighted by Crippen LogP contribution is 2.48. The van der Waals surface area contributed by atoms with Crippen LogP contribution in [0.1, 0.15) is 83.5 Å². The van der Waals surface area contributed by atoms with Crippen molar-refractivity contribution in [2.24, 2.45) is 5.92 Å². The van der Waals surface area contributed by atoms with Gasteiger partial charge in [0.15, 0.2) is 0 Å². The summed E-state index contributed by atoms with van der Waals surface area (Å²) < 4.78 is 13.6. The second-order valence-electron chi connectivity index (χ2n) is 12.3. The number of benzene rings is 3. The molecule has 0 N–H and O–H groups in total. The maximum atomic E-state index is 6.79. The van der Waals surface area contributed by atoms with Crippen LogP contribution in [0.15, 0.2) is 91.0 Å². The maximum Gasteiger partial charge on any atom is 0.463 e. The molecular formula is C34H46BNO2. The van der Waals surface area contributed by atoms with Crippen molar-refractivity contribution in [2.45, 2.75) is 97.0 Å². The molecular weight excluding hydrogens is 465 g/mol. The van der Waals surface area contributed by atoms with E-state index in [-0.39, 0.29) is 30.2 Å². The van der Waals surface area contributed by atoms with Gasteiger partial charge in [0.1, 0.15) is 0 Å². The minimum Gasteiger partial charge on any atom is -0.403 e. The minimum atomic E-state index is -0.362. The Balaban J connectivity index is 1.78. The Morgan fingerprint density at radius 1 is 0.658 bits per heavy atom. The lowest BCUT2D eigenvalue weighted by atomic mass is 9.63. The van der Waals surface area contributed by atoms with Crippen LogP contribution in [-0.4, -0.2) is 23.2 Å². The van der Waals surface area contributed by atoms with Gasteiger partial charge in [0.25, 0.3) is 0 Å². The molecule has 1 aliphatic rings. The quantitative estimate of drug-likeness (QED) is 0.227. The van der Waals surface area contributed by atoms with Gasteiger partial charge in [0.2, 0.25) is 0 Å². The Morgan fingerprint density at radius 2 is 1.11 bits per heavy atom. The van der Waals surface area contributed by atoms with Gasteiger partial charge in [0.05, 0.1) is 11.2 Å². The summed E-state index contributed by atoms with van der Waals surface area (Å²) in [6.07, 6.45) is 3.41. The topological polar surface area (TPSA) is 21.7 Å². The van der Waals surface area contributed by atoms with Crippen molar-refractivity contribution < 1.29 is 9.31 Å². The molecule has 202 valence electrons. The summed E-state index contributed by atoms with van der Waals surface area (Å²) in [5.74, 6) is 0.860. The van der Waals surface area contributed by atoms with Gasteiger partial charge in [-0.3, -0.25) is 4.90 Å². The molecule has 0 aromatic heterocycles. The molecule has 0 radical (unpaired) electrons. The van der Waals surface area contributed by atoms with E-state index in [1.165, 1.54) is 23.1 Å². The minimum absolute atomic E-state index is 0.137. The van der Waals surface area contributed by atoms with E-state index >= 15 is 0 Å². The normalized spacial score (nSPS) is 18.2. The van der Waals surface area contributed by atoms with Crippen molar-refractivity contribution in [1.82, 2.24) is 4.90 Å². The first-order valence-corrected chi connectivity index (χ1v) is 14.4. The Bertz CT molecular complexity index is 1040. The van der Waals surface area contributed by atoms with Crippen molar-refractivity contribution >= 4 is 7.12 Å². The first-order valence-electron chi connectivity index (χ1n) is 14.4. The zero-order valence-corrected chi connectivity index (χ0v) is 24.3. The van der Waals surface area contributed by atoms with Crippen LogP contribution in [0.25, 0.3) is 0 Å². The van der Waals surface area contributed by atoms with Crippen LogP contribution < -0.4 is 0 Å². The molecule has 3 aromatic carbocycles. The maximum absolute atomic E-state index is 6.79. The second-order valence-corrected chi connectivity index (χ2v) is 12.3. The summed E-state index contributed by atoms with van der Waals surface area (Å²) in [4.78, 5) is 2.64. The molecule has 3 nitrogen and oxygen atoms in total. The number of nitrogens with zero attached hydrogens (tertiary/aromatic N) is 1. The number of hydrogen-bond donors (Lipinski definition) is 0. The van der Waals surface area contributed by atoms with Gasteiger partial charge >= 0.3 is 7.12 Å². The fourth-order valence-electron chi connectivity index (χ4n) is 5.54. The Morgan fingerprint density at radius 3 is 1.55 bits per heavy atom. The molecule has 0 spiro atoms. The highest BCUT2D eigenvalue weighted by molar-refractivity contribution is 6.47. The van der Waals surface area contributed by atoms with Crippen LogP contribution >= 0.6 is 0 Å². The third-order valence-corrected chi connectivity index (χ3v) is 8.34. The molecule has 38 heavy (non-hydrogen) atoms. The van der Waals surface area contributed by atoms with Crippen LogP contribution in [-0.2, 0) is 22.4 Å². The zero-order valence-electron chi connectivity index (χ0n) is 24.3. The van der Waals surface area contributed by atoms with E-state index in [2.05, 4.69) is 137 Å². The van der Waals surface area contributed by atoms with Crippen molar-refractivity contribution in [3.8, 4) is 0 Å². The molecule has 1 heterocycles. The van der Waals surface area contributed by atoms with E-state index in [0.29, 0.717) is 5.92 Å². The molecule has 0 amide bonds. The van der Waals surface area contributed by atoms with E-state index < -0.39 is 0 Å². The molecule has 0 saturated carbocycles. The number of rotatable bonds is 12. The lowest BCUT2D eigenvalue weighted by Crippen LogP contribution is -2.41. The molecule has 4 rings (SSSR count). The zero-order chi connectivity index (χ0) is 27.2. The van der Waals surface area contributed by atoms with Gasteiger partial charge < -0.3 is 9.31 Å². The molecule has 1 aliphatic heterocycles. The molecule has 1 fully saturated rings. The summed E-state index contributed by atoms with van der Waals surface area (Å²) in [5, 5.41) is 0. The van der Waals surface area contributed by atoms with E-state index in [0.717, 1.165) is 25.9 Å². The standard InChI is InChI=1S/C34H46BNO2/c1-27(2)17-16-24-31(35-37-33(3,4)34(5,6)38-35)32(30-22-14-9-15-23-30)36(25-28-18-10-7-11-19-28)26-29-20-12-8-13-21-29/h7-15,18-23,27,31-32H,16-17,24-26H2,1-6H3/t31-,32-/m1/s1. The average molecular weight is 512 g/mol. The molecule has 2 atom stereocenters.